The number of carboxylic acid groups (broad SMARTS) is 2. The fraction of sp³-hybridized carbons (Fsp3) is 0.667. The first-order chi connectivity index (χ1) is 4.95. The van der Waals surface area contributed by atoms with Crippen LogP contribution in [0.3, 0.4) is 0 Å². The molecular weight excluding hydrogens is 150 g/mol. The molecule has 11 heavy (non-hydrogen) atoms. The van der Waals surface area contributed by atoms with Crippen molar-refractivity contribution in [2.75, 3.05) is 0 Å². The summed E-state index contributed by atoms with van der Waals surface area (Å²) in [5, 5.41) is 16.6. The second-order valence-electron chi connectivity index (χ2n) is 2.44. The van der Waals surface area contributed by atoms with Gasteiger partial charge >= 0.3 is 11.9 Å². The van der Waals surface area contributed by atoms with Gasteiger partial charge in [-0.3, -0.25) is 9.59 Å². The van der Waals surface area contributed by atoms with Gasteiger partial charge in [0, 0.05) is 6.42 Å². The van der Waals surface area contributed by atoms with Crippen LogP contribution in [0.5, 0.6) is 0 Å². The fourth-order valence-corrected chi connectivity index (χ4v) is 0.646. The predicted octanol–water partition coefficient (Wildman–Crippen LogP) is -0.491. The number of carbonyl (C=O) groups is 2. The van der Waals surface area contributed by atoms with E-state index in [0.717, 1.165) is 0 Å². The number of hydrogen-bond acceptors (Lipinski definition) is 3. The molecule has 64 valence electrons. The maximum absolute atomic E-state index is 10.2. The van der Waals surface area contributed by atoms with E-state index in [1.807, 2.05) is 0 Å². The molecule has 0 aromatic rings. The van der Waals surface area contributed by atoms with Gasteiger partial charge in [-0.2, -0.15) is 0 Å². The van der Waals surface area contributed by atoms with Crippen LogP contribution < -0.4 is 5.73 Å². The smallest absolute Gasteiger partial charge is 0.320 e. The van der Waals surface area contributed by atoms with Crippen LogP contribution >= 0.6 is 0 Å². The first-order valence-electron chi connectivity index (χ1n) is 3.15. The molecule has 0 heterocycles. The monoisotopic (exact) mass is 161 g/mol. The molecule has 0 bridgehead atoms. The third-order valence-corrected chi connectivity index (χ3v) is 1.39. The molecule has 5 nitrogen and oxygen atoms in total. The molecule has 5 heteroatoms. The Morgan fingerprint density at radius 1 is 1.45 bits per heavy atom. The number of carboxylic acids is 2. The van der Waals surface area contributed by atoms with E-state index in [2.05, 4.69) is 0 Å². The Balaban J connectivity index is 3.92. The highest BCUT2D eigenvalue weighted by atomic mass is 16.4. The number of nitrogens with two attached hydrogens (primary N) is 1. The van der Waals surface area contributed by atoms with Crippen LogP contribution in [-0.2, 0) is 9.59 Å². The Morgan fingerprint density at radius 3 is 2.18 bits per heavy atom. The molecule has 0 saturated heterocycles. The first-order valence-corrected chi connectivity index (χ1v) is 3.15. The van der Waals surface area contributed by atoms with Crippen LogP contribution in [0, 0.1) is 5.92 Å². The fourth-order valence-electron chi connectivity index (χ4n) is 0.646. The zero-order chi connectivity index (χ0) is 9.02. The predicted molar refractivity (Wildman–Crippen MR) is 37.0 cm³/mol. The highest BCUT2D eigenvalue weighted by molar-refractivity contribution is 5.75. The van der Waals surface area contributed by atoms with E-state index < -0.39 is 23.9 Å². The molecule has 0 amide bonds. The normalized spacial score (nSPS) is 15.5. The highest BCUT2D eigenvalue weighted by Gasteiger charge is 2.21. The van der Waals surface area contributed by atoms with Crippen molar-refractivity contribution in [3.8, 4) is 0 Å². The SMILES string of the molecule is C[C@H](CC(=O)O)C(N)C(=O)O. The van der Waals surface area contributed by atoms with Gasteiger partial charge in [0.05, 0.1) is 0 Å². The summed E-state index contributed by atoms with van der Waals surface area (Å²) in [6, 6.07) is -1.09. The van der Waals surface area contributed by atoms with E-state index in [9.17, 15) is 9.59 Å². The lowest BCUT2D eigenvalue weighted by Crippen LogP contribution is -2.37. The van der Waals surface area contributed by atoms with E-state index in [1.54, 1.807) is 0 Å². The summed E-state index contributed by atoms with van der Waals surface area (Å²) in [5.74, 6) is -2.74. The summed E-state index contributed by atoms with van der Waals surface area (Å²) < 4.78 is 0. The van der Waals surface area contributed by atoms with Crippen molar-refractivity contribution in [1.82, 2.24) is 0 Å². The Labute approximate surface area is 63.8 Å². The Hall–Kier alpha value is -1.10. The topological polar surface area (TPSA) is 101 Å². The van der Waals surface area contributed by atoms with Crippen molar-refractivity contribution in [2.45, 2.75) is 19.4 Å². The molecule has 0 saturated carbocycles. The van der Waals surface area contributed by atoms with E-state index >= 15 is 0 Å². The summed E-state index contributed by atoms with van der Waals surface area (Å²) in [5.41, 5.74) is 5.15. The zero-order valence-corrected chi connectivity index (χ0v) is 6.15. The van der Waals surface area contributed by atoms with Crippen molar-refractivity contribution < 1.29 is 19.8 Å². The van der Waals surface area contributed by atoms with Crippen LogP contribution in [0.15, 0.2) is 0 Å². The molecule has 0 aromatic carbocycles. The molecule has 0 fully saturated rings. The molecule has 0 rings (SSSR count). The third-order valence-electron chi connectivity index (χ3n) is 1.39. The minimum absolute atomic E-state index is 0.215. The molecule has 0 radical (unpaired) electrons. The minimum Gasteiger partial charge on any atom is -0.481 e. The van der Waals surface area contributed by atoms with Crippen molar-refractivity contribution in [3.63, 3.8) is 0 Å². The van der Waals surface area contributed by atoms with E-state index in [1.165, 1.54) is 6.92 Å². The van der Waals surface area contributed by atoms with Gasteiger partial charge in [0.15, 0.2) is 0 Å². The van der Waals surface area contributed by atoms with Gasteiger partial charge in [0.25, 0.3) is 0 Å². The second-order valence-corrected chi connectivity index (χ2v) is 2.44. The second kappa shape index (κ2) is 3.92. The highest BCUT2D eigenvalue weighted by Crippen LogP contribution is 2.05. The molecular formula is C6H11NO4. The largest absolute Gasteiger partial charge is 0.481 e. The van der Waals surface area contributed by atoms with Gasteiger partial charge < -0.3 is 15.9 Å². The van der Waals surface area contributed by atoms with Gasteiger partial charge in [-0.15, -0.1) is 0 Å². The van der Waals surface area contributed by atoms with Crippen LogP contribution in [0.1, 0.15) is 13.3 Å². The van der Waals surface area contributed by atoms with Crippen molar-refractivity contribution in [2.24, 2.45) is 11.7 Å². The van der Waals surface area contributed by atoms with Crippen LogP contribution in [-0.4, -0.2) is 28.2 Å². The van der Waals surface area contributed by atoms with Crippen molar-refractivity contribution in [3.05, 3.63) is 0 Å². The Morgan fingerprint density at radius 2 is 1.91 bits per heavy atom. The lowest BCUT2D eigenvalue weighted by atomic mass is 10.00. The molecule has 2 atom stereocenters. The summed E-state index contributed by atoms with van der Waals surface area (Å²) in [6.07, 6.45) is -0.215. The maximum atomic E-state index is 10.2. The number of rotatable bonds is 4. The summed E-state index contributed by atoms with van der Waals surface area (Å²) in [6.45, 7) is 1.49. The maximum Gasteiger partial charge on any atom is 0.320 e. The van der Waals surface area contributed by atoms with Crippen LogP contribution in [0.4, 0.5) is 0 Å². The number of aliphatic carboxylic acids is 2. The zero-order valence-electron chi connectivity index (χ0n) is 6.15. The lowest BCUT2D eigenvalue weighted by Gasteiger charge is -2.12. The molecule has 1 unspecified atom stereocenters. The standard InChI is InChI=1S/C6H11NO4/c1-3(2-4(8)9)5(7)6(10)11/h3,5H,2,7H2,1H3,(H,8,9)(H,10,11)/t3-,5?/m1/s1. The van der Waals surface area contributed by atoms with Gasteiger partial charge in [-0.05, 0) is 5.92 Å². The van der Waals surface area contributed by atoms with Crippen molar-refractivity contribution in [1.29, 1.82) is 0 Å². The van der Waals surface area contributed by atoms with Crippen LogP contribution in [0.2, 0.25) is 0 Å². The Bertz CT molecular complexity index is 168. The minimum atomic E-state index is -1.17. The molecule has 0 aliphatic heterocycles. The molecule has 0 aromatic heterocycles. The summed E-state index contributed by atoms with van der Waals surface area (Å²) >= 11 is 0. The molecule has 0 aliphatic rings. The average molecular weight is 161 g/mol. The third kappa shape index (κ3) is 3.57. The summed E-state index contributed by atoms with van der Waals surface area (Å²) in [7, 11) is 0. The molecule has 4 N–H and O–H groups in total. The lowest BCUT2D eigenvalue weighted by molar-refractivity contribution is -0.141. The Kier molecular flexibility index (Phi) is 3.53. The van der Waals surface area contributed by atoms with Crippen LogP contribution in [0.25, 0.3) is 0 Å². The van der Waals surface area contributed by atoms with Gasteiger partial charge in [0.1, 0.15) is 6.04 Å². The van der Waals surface area contributed by atoms with Gasteiger partial charge in [0.2, 0.25) is 0 Å². The quantitative estimate of drug-likeness (QED) is 0.516. The first kappa shape index (κ1) is 9.90. The molecule has 0 spiro atoms. The van der Waals surface area contributed by atoms with Gasteiger partial charge in [-0.25, -0.2) is 0 Å². The van der Waals surface area contributed by atoms with E-state index in [4.69, 9.17) is 15.9 Å². The molecule has 0 aliphatic carbocycles. The number of hydrogen-bond donors (Lipinski definition) is 3. The van der Waals surface area contributed by atoms with Gasteiger partial charge in [-0.1, -0.05) is 6.92 Å². The average Bonchev–Trinajstić information content (AvgIpc) is 1.84. The van der Waals surface area contributed by atoms with Crippen molar-refractivity contribution >= 4 is 11.9 Å². The summed E-state index contributed by atoms with van der Waals surface area (Å²) in [4.78, 5) is 20.3. The van der Waals surface area contributed by atoms with E-state index in [0.29, 0.717) is 0 Å². The van der Waals surface area contributed by atoms with E-state index in [-0.39, 0.29) is 6.42 Å².